The van der Waals surface area contributed by atoms with Crippen molar-refractivity contribution in [3.05, 3.63) is 29.3 Å². The molecule has 17 heavy (non-hydrogen) atoms. The molecule has 0 atom stereocenters. The van der Waals surface area contributed by atoms with Crippen LogP contribution in [-0.2, 0) is 9.59 Å². The van der Waals surface area contributed by atoms with Crippen LogP contribution in [0.4, 0.5) is 5.69 Å². The van der Waals surface area contributed by atoms with Crippen LogP contribution in [0.5, 0.6) is 0 Å². The third-order valence-corrected chi connectivity index (χ3v) is 2.85. The number of carbonyl (C=O) groups is 2. The Morgan fingerprint density at radius 2 is 1.47 bits per heavy atom. The summed E-state index contributed by atoms with van der Waals surface area (Å²) in [5, 5.41) is 0. The van der Waals surface area contributed by atoms with Crippen molar-refractivity contribution in [2.45, 2.75) is 13.8 Å². The highest BCUT2D eigenvalue weighted by Crippen LogP contribution is 2.25. The summed E-state index contributed by atoms with van der Waals surface area (Å²) in [6.45, 7) is 3.66. The smallest absolute Gasteiger partial charge is 0.248 e. The van der Waals surface area contributed by atoms with E-state index in [-0.39, 0.29) is 11.8 Å². The van der Waals surface area contributed by atoms with Crippen LogP contribution >= 0.6 is 23.2 Å². The first-order valence-electron chi connectivity index (χ1n) is 5.06. The van der Waals surface area contributed by atoms with Gasteiger partial charge in [0.05, 0.1) is 5.69 Å². The minimum Gasteiger partial charge on any atom is -0.273 e. The number of hydrogen-bond donors (Lipinski definition) is 0. The lowest BCUT2D eigenvalue weighted by molar-refractivity contribution is -0.123. The summed E-state index contributed by atoms with van der Waals surface area (Å²) in [4.78, 5) is 24.5. The molecule has 1 aromatic carbocycles. The molecule has 0 N–H and O–H groups in total. The van der Waals surface area contributed by atoms with E-state index >= 15 is 0 Å². The van der Waals surface area contributed by atoms with Gasteiger partial charge in [-0.3, -0.25) is 9.59 Å². The molecule has 0 aliphatic rings. The number of imide groups is 1. The van der Waals surface area contributed by atoms with Gasteiger partial charge >= 0.3 is 0 Å². The number of aryl methyl sites for hydroxylation is 2. The summed E-state index contributed by atoms with van der Waals surface area (Å²) in [7, 11) is 0. The van der Waals surface area contributed by atoms with E-state index < -0.39 is 11.8 Å². The Labute approximate surface area is 110 Å². The van der Waals surface area contributed by atoms with Crippen LogP contribution in [0.3, 0.4) is 0 Å². The second-order valence-electron chi connectivity index (χ2n) is 3.63. The molecule has 5 heteroatoms. The van der Waals surface area contributed by atoms with Crippen molar-refractivity contribution in [2.75, 3.05) is 16.7 Å². The molecular formula is C12H13Cl2NO2. The Morgan fingerprint density at radius 3 is 1.82 bits per heavy atom. The molecule has 0 unspecified atom stereocenters. The van der Waals surface area contributed by atoms with E-state index in [2.05, 4.69) is 0 Å². The van der Waals surface area contributed by atoms with Gasteiger partial charge in [0.2, 0.25) is 11.8 Å². The number of alkyl halides is 2. The van der Waals surface area contributed by atoms with Crippen molar-refractivity contribution in [2.24, 2.45) is 0 Å². The first-order chi connectivity index (χ1) is 8.02. The number of halogens is 2. The van der Waals surface area contributed by atoms with Gasteiger partial charge in [-0.25, -0.2) is 4.90 Å². The van der Waals surface area contributed by atoms with Crippen LogP contribution in [0.15, 0.2) is 18.2 Å². The quantitative estimate of drug-likeness (QED) is 0.794. The Kier molecular flexibility index (Phi) is 4.97. The summed E-state index contributed by atoms with van der Waals surface area (Å²) in [5.41, 5.74) is 2.24. The fraction of sp³-hybridized carbons (Fsp3) is 0.333. The molecule has 2 amide bonds. The molecule has 0 spiro atoms. The van der Waals surface area contributed by atoms with E-state index in [4.69, 9.17) is 23.2 Å². The van der Waals surface area contributed by atoms with E-state index in [1.165, 1.54) is 0 Å². The predicted octanol–water partition coefficient (Wildman–Crippen LogP) is 2.64. The molecule has 0 aliphatic carbocycles. The third kappa shape index (κ3) is 2.99. The van der Waals surface area contributed by atoms with Gasteiger partial charge in [-0.15, -0.1) is 23.2 Å². The van der Waals surface area contributed by atoms with Crippen LogP contribution in [-0.4, -0.2) is 23.6 Å². The van der Waals surface area contributed by atoms with Gasteiger partial charge in [0, 0.05) is 0 Å². The number of carbonyl (C=O) groups excluding carboxylic acids is 2. The van der Waals surface area contributed by atoms with E-state index in [9.17, 15) is 9.59 Å². The van der Waals surface area contributed by atoms with Gasteiger partial charge in [-0.1, -0.05) is 18.2 Å². The highest BCUT2D eigenvalue weighted by atomic mass is 35.5. The van der Waals surface area contributed by atoms with Crippen LogP contribution in [0, 0.1) is 13.8 Å². The average molecular weight is 274 g/mol. The fourth-order valence-electron chi connectivity index (χ4n) is 1.67. The second-order valence-corrected chi connectivity index (χ2v) is 4.17. The van der Waals surface area contributed by atoms with Gasteiger partial charge in [-0.2, -0.15) is 0 Å². The minimum atomic E-state index is -0.463. The average Bonchev–Trinajstić information content (AvgIpc) is 2.32. The summed E-state index contributed by atoms with van der Waals surface area (Å²) < 4.78 is 0. The first-order valence-corrected chi connectivity index (χ1v) is 6.13. The van der Waals surface area contributed by atoms with Gasteiger partial charge in [0.15, 0.2) is 0 Å². The zero-order valence-corrected chi connectivity index (χ0v) is 11.2. The zero-order chi connectivity index (χ0) is 13.0. The Bertz CT molecular complexity index is 410. The van der Waals surface area contributed by atoms with Crippen molar-refractivity contribution < 1.29 is 9.59 Å². The van der Waals surface area contributed by atoms with Crippen molar-refractivity contribution in [3.63, 3.8) is 0 Å². The highest BCUT2D eigenvalue weighted by molar-refractivity contribution is 6.37. The Morgan fingerprint density at radius 1 is 1.06 bits per heavy atom. The molecule has 1 aromatic rings. The summed E-state index contributed by atoms with van der Waals surface area (Å²) in [5.74, 6) is -1.43. The van der Waals surface area contributed by atoms with Gasteiger partial charge < -0.3 is 0 Å². The normalized spacial score (nSPS) is 10.1. The molecule has 3 nitrogen and oxygen atoms in total. The van der Waals surface area contributed by atoms with E-state index in [0.29, 0.717) is 5.69 Å². The van der Waals surface area contributed by atoms with Crippen LogP contribution in [0.25, 0.3) is 0 Å². The minimum absolute atomic E-state index is 0.254. The Balaban J connectivity index is 3.31. The third-order valence-electron chi connectivity index (χ3n) is 2.39. The second kappa shape index (κ2) is 6.03. The number of hydrogen-bond acceptors (Lipinski definition) is 2. The van der Waals surface area contributed by atoms with Crippen LogP contribution < -0.4 is 4.90 Å². The maximum absolute atomic E-state index is 11.7. The number of benzene rings is 1. The van der Waals surface area contributed by atoms with E-state index in [1.54, 1.807) is 0 Å². The van der Waals surface area contributed by atoms with Crippen LogP contribution in [0.1, 0.15) is 11.1 Å². The molecule has 92 valence electrons. The SMILES string of the molecule is Cc1cccc(C)c1N(C(=O)CCl)C(=O)CCl. The molecule has 0 heterocycles. The molecule has 0 aromatic heterocycles. The van der Waals surface area contributed by atoms with Crippen LogP contribution in [0.2, 0.25) is 0 Å². The highest BCUT2D eigenvalue weighted by Gasteiger charge is 2.24. The number of anilines is 1. The Hall–Kier alpha value is -1.06. The van der Waals surface area contributed by atoms with E-state index in [1.807, 2.05) is 32.0 Å². The molecule has 0 saturated heterocycles. The standard InChI is InChI=1S/C12H13Cl2NO2/c1-8-4-3-5-9(2)12(8)15(10(16)6-13)11(17)7-14/h3-5H,6-7H2,1-2H3. The molecule has 0 fully saturated rings. The monoisotopic (exact) mass is 273 g/mol. The van der Waals surface area contributed by atoms with Crippen molar-refractivity contribution >= 4 is 40.7 Å². The molecule has 0 aliphatic heterocycles. The van der Waals surface area contributed by atoms with Gasteiger partial charge in [-0.05, 0) is 25.0 Å². The van der Waals surface area contributed by atoms with Gasteiger partial charge in [0.1, 0.15) is 11.8 Å². The number of nitrogens with zero attached hydrogens (tertiary/aromatic N) is 1. The molecule has 1 rings (SSSR count). The maximum Gasteiger partial charge on any atom is 0.248 e. The lowest BCUT2D eigenvalue weighted by Gasteiger charge is -2.23. The van der Waals surface area contributed by atoms with Crippen molar-refractivity contribution in [3.8, 4) is 0 Å². The topological polar surface area (TPSA) is 37.4 Å². The number of amides is 2. The largest absolute Gasteiger partial charge is 0.273 e. The molecular weight excluding hydrogens is 261 g/mol. The maximum atomic E-state index is 11.7. The molecule has 0 saturated carbocycles. The zero-order valence-electron chi connectivity index (χ0n) is 9.67. The summed E-state index contributed by atoms with van der Waals surface area (Å²) in [6, 6.07) is 5.53. The lowest BCUT2D eigenvalue weighted by Crippen LogP contribution is -2.39. The fourth-order valence-corrected chi connectivity index (χ4v) is 1.91. The summed E-state index contributed by atoms with van der Waals surface area (Å²) in [6.07, 6.45) is 0. The lowest BCUT2D eigenvalue weighted by atomic mass is 10.1. The summed E-state index contributed by atoms with van der Waals surface area (Å²) >= 11 is 11.0. The number of para-hydroxylation sites is 1. The molecule has 0 bridgehead atoms. The van der Waals surface area contributed by atoms with E-state index in [0.717, 1.165) is 16.0 Å². The predicted molar refractivity (Wildman–Crippen MR) is 69.8 cm³/mol. The molecule has 0 radical (unpaired) electrons. The van der Waals surface area contributed by atoms with Gasteiger partial charge in [0.25, 0.3) is 0 Å². The first kappa shape index (κ1) is 14.0. The number of rotatable bonds is 3. The van der Waals surface area contributed by atoms with Crippen molar-refractivity contribution in [1.29, 1.82) is 0 Å². The van der Waals surface area contributed by atoms with Crippen molar-refractivity contribution in [1.82, 2.24) is 0 Å².